The second kappa shape index (κ2) is 3.36. The van der Waals surface area contributed by atoms with E-state index in [2.05, 4.69) is 20.3 Å². The van der Waals surface area contributed by atoms with Crippen LogP contribution in [0.5, 0.6) is 0 Å². The van der Waals surface area contributed by atoms with E-state index in [1.54, 1.807) is 37.1 Å². The largest absolute Gasteiger partial charge is 0.363 e. The SMILES string of the molecule is c1cc2oncc2c(-c2cncc3conc23)n1. The predicted molar refractivity (Wildman–Crippen MR) is 62.6 cm³/mol. The lowest BCUT2D eigenvalue weighted by Crippen LogP contribution is -1.87. The van der Waals surface area contributed by atoms with Crippen molar-refractivity contribution in [1.82, 2.24) is 20.3 Å². The zero-order chi connectivity index (χ0) is 11.9. The van der Waals surface area contributed by atoms with Crippen LogP contribution in [0.15, 0.2) is 46.2 Å². The van der Waals surface area contributed by atoms with Gasteiger partial charge in [0.05, 0.1) is 22.7 Å². The molecule has 0 fully saturated rings. The highest BCUT2D eigenvalue weighted by Crippen LogP contribution is 2.30. The van der Waals surface area contributed by atoms with E-state index >= 15 is 0 Å². The van der Waals surface area contributed by atoms with Crippen LogP contribution >= 0.6 is 0 Å². The second-order valence-electron chi connectivity index (χ2n) is 3.84. The van der Waals surface area contributed by atoms with Crippen molar-refractivity contribution in [3.63, 3.8) is 0 Å². The molecular formula is C12H6N4O2. The molecule has 18 heavy (non-hydrogen) atoms. The lowest BCUT2D eigenvalue weighted by Gasteiger charge is -2.00. The molecule has 0 atom stereocenters. The van der Waals surface area contributed by atoms with Crippen LogP contribution in [-0.4, -0.2) is 20.3 Å². The molecule has 0 saturated heterocycles. The van der Waals surface area contributed by atoms with Crippen molar-refractivity contribution in [2.45, 2.75) is 0 Å². The summed E-state index contributed by atoms with van der Waals surface area (Å²) >= 11 is 0. The molecule has 6 nitrogen and oxygen atoms in total. The van der Waals surface area contributed by atoms with Gasteiger partial charge in [0.1, 0.15) is 11.8 Å². The van der Waals surface area contributed by atoms with Crippen molar-refractivity contribution >= 4 is 21.9 Å². The van der Waals surface area contributed by atoms with Crippen LogP contribution < -0.4 is 0 Å². The summed E-state index contributed by atoms with van der Waals surface area (Å²) in [5.74, 6) is 0. The topological polar surface area (TPSA) is 77.8 Å². The molecule has 6 heteroatoms. The third-order valence-corrected chi connectivity index (χ3v) is 2.81. The Morgan fingerprint density at radius 2 is 2.11 bits per heavy atom. The normalized spacial score (nSPS) is 11.3. The molecule has 0 N–H and O–H groups in total. The van der Waals surface area contributed by atoms with Crippen LogP contribution in [0.4, 0.5) is 0 Å². The summed E-state index contributed by atoms with van der Waals surface area (Å²) in [7, 11) is 0. The Kier molecular flexibility index (Phi) is 1.74. The first-order valence-corrected chi connectivity index (χ1v) is 5.31. The first-order valence-electron chi connectivity index (χ1n) is 5.31. The van der Waals surface area contributed by atoms with E-state index in [0.717, 1.165) is 27.5 Å². The predicted octanol–water partition coefficient (Wildman–Crippen LogP) is 2.43. The van der Waals surface area contributed by atoms with Gasteiger partial charge in [-0.15, -0.1) is 0 Å². The maximum Gasteiger partial charge on any atom is 0.170 e. The smallest absolute Gasteiger partial charge is 0.170 e. The van der Waals surface area contributed by atoms with Gasteiger partial charge in [-0.2, -0.15) is 0 Å². The van der Waals surface area contributed by atoms with Crippen molar-refractivity contribution in [2.75, 3.05) is 0 Å². The van der Waals surface area contributed by atoms with Gasteiger partial charge in [-0.1, -0.05) is 10.3 Å². The first kappa shape index (κ1) is 9.29. The minimum atomic E-state index is 0.681. The van der Waals surface area contributed by atoms with E-state index < -0.39 is 0 Å². The van der Waals surface area contributed by atoms with Crippen molar-refractivity contribution in [3.8, 4) is 11.3 Å². The zero-order valence-corrected chi connectivity index (χ0v) is 9.07. The van der Waals surface area contributed by atoms with Crippen molar-refractivity contribution < 1.29 is 9.05 Å². The van der Waals surface area contributed by atoms with Crippen LogP contribution in [0.1, 0.15) is 0 Å². The van der Waals surface area contributed by atoms with Crippen LogP contribution in [0.25, 0.3) is 33.1 Å². The van der Waals surface area contributed by atoms with Crippen molar-refractivity contribution in [3.05, 3.63) is 37.1 Å². The quantitative estimate of drug-likeness (QED) is 0.506. The molecule has 0 amide bonds. The fraction of sp³-hybridized carbons (Fsp3) is 0. The highest BCUT2D eigenvalue weighted by atomic mass is 16.5. The third kappa shape index (κ3) is 1.17. The van der Waals surface area contributed by atoms with Crippen LogP contribution in [0.3, 0.4) is 0 Å². The Labute approximate surface area is 100 Å². The van der Waals surface area contributed by atoms with Gasteiger partial charge in [-0.05, 0) is 0 Å². The van der Waals surface area contributed by atoms with Crippen LogP contribution in [-0.2, 0) is 0 Å². The molecule has 0 aliphatic rings. The summed E-state index contributed by atoms with van der Waals surface area (Å²) in [6.07, 6.45) is 8.26. The van der Waals surface area contributed by atoms with Gasteiger partial charge in [0.25, 0.3) is 0 Å². The van der Waals surface area contributed by atoms with E-state index in [0.29, 0.717) is 5.58 Å². The number of nitrogens with zero attached hydrogens (tertiary/aromatic N) is 4. The Bertz CT molecular complexity index is 777. The Morgan fingerprint density at radius 1 is 1.11 bits per heavy atom. The molecule has 0 spiro atoms. The molecule has 4 aromatic heterocycles. The lowest BCUT2D eigenvalue weighted by atomic mass is 10.1. The minimum absolute atomic E-state index is 0.681. The fourth-order valence-electron chi connectivity index (χ4n) is 1.98. The second-order valence-corrected chi connectivity index (χ2v) is 3.84. The van der Waals surface area contributed by atoms with Gasteiger partial charge in [-0.25, -0.2) is 0 Å². The van der Waals surface area contributed by atoms with Gasteiger partial charge in [0.2, 0.25) is 0 Å². The van der Waals surface area contributed by atoms with Crippen LogP contribution in [0.2, 0.25) is 0 Å². The molecule has 0 aliphatic heterocycles. The summed E-state index contributed by atoms with van der Waals surface area (Å²) in [6, 6.07) is 1.77. The number of pyridine rings is 2. The molecule has 86 valence electrons. The minimum Gasteiger partial charge on any atom is -0.363 e. The monoisotopic (exact) mass is 238 g/mol. The number of fused-ring (bicyclic) bond motifs is 2. The standard InChI is InChI=1S/C12H6N4O2/c1-2-14-12(8-5-15-18-10(1)8)9-4-13-3-7-6-17-16-11(7)9/h1-6H. The van der Waals surface area contributed by atoms with E-state index in [1.165, 1.54) is 0 Å². The maximum atomic E-state index is 5.12. The third-order valence-electron chi connectivity index (χ3n) is 2.81. The average molecular weight is 238 g/mol. The van der Waals surface area contributed by atoms with E-state index in [9.17, 15) is 0 Å². The lowest BCUT2D eigenvalue weighted by molar-refractivity contribution is 0.428. The molecule has 0 saturated carbocycles. The number of hydrogen-bond donors (Lipinski definition) is 0. The summed E-state index contributed by atoms with van der Waals surface area (Å²) in [6.45, 7) is 0. The highest BCUT2D eigenvalue weighted by molar-refractivity contribution is 5.99. The molecule has 0 aliphatic carbocycles. The summed E-state index contributed by atoms with van der Waals surface area (Å²) in [5.41, 5.74) is 2.95. The summed E-state index contributed by atoms with van der Waals surface area (Å²) < 4.78 is 10.1. The number of aromatic nitrogens is 4. The molecule has 0 unspecified atom stereocenters. The zero-order valence-electron chi connectivity index (χ0n) is 9.07. The Hall–Kier alpha value is -2.76. The van der Waals surface area contributed by atoms with Gasteiger partial charge >= 0.3 is 0 Å². The van der Waals surface area contributed by atoms with Gasteiger partial charge in [0.15, 0.2) is 5.58 Å². The number of hydrogen-bond acceptors (Lipinski definition) is 6. The van der Waals surface area contributed by atoms with Gasteiger partial charge in [0, 0.05) is 30.2 Å². The molecule has 0 radical (unpaired) electrons. The Morgan fingerprint density at radius 3 is 3.11 bits per heavy atom. The number of rotatable bonds is 1. The molecular weight excluding hydrogens is 232 g/mol. The molecule has 0 bridgehead atoms. The average Bonchev–Trinajstić information content (AvgIpc) is 3.06. The fourth-order valence-corrected chi connectivity index (χ4v) is 1.98. The van der Waals surface area contributed by atoms with Crippen molar-refractivity contribution in [1.29, 1.82) is 0 Å². The molecule has 4 aromatic rings. The van der Waals surface area contributed by atoms with Gasteiger partial charge in [-0.3, -0.25) is 9.97 Å². The van der Waals surface area contributed by atoms with E-state index in [4.69, 9.17) is 9.05 Å². The summed E-state index contributed by atoms with van der Waals surface area (Å²) in [5, 5.41) is 9.42. The van der Waals surface area contributed by atoms with Crippen molar-refractivity contribution in [2.24, 2.45) is 0 Å². The molecule has 0 aromatic carbocycles. The van der Waals surface area contributed by atoms with E-state index in [-0.39, 0.29) is 0 Å². The maximum absolute atomic E-state index is 5.12. The molecule has 4 heterocycles. The van der Waals surface area contributed by atoms with Gasteiger partial charge < -0.3 is 9.05 Å². The van der Waals surface area contributed by atoms with Crippen LogP contribution in [0, 0.1) is 0 Å². The molecule has 4 rings (SSSR count). The highest BCUT2D eigenvalue weighted by Gasteiger charge is 2.13. The first-order chi connectivity index (χ1) is 8.93. The Balaban J connectivity index is 2.13. The summed E-state index contributed by atoms with van der Waals surface area (Å²) in [4.78, 5) is 8.52. The van der Waals surface area contributed by atoms with E-state index in [1.807, 2.05) is 0 Å².